The fourth-order valence-electron chi connectivity index (χ4n) is 0.977. The van der Waals surface area contributed by atoms with Crippen molar-refractivity contribution >= 4 is 24.1 Å². The lowest BCUT2D eigenvalue weighted by atomic mass is 10.2. The quantitative estimate of drug-likeness (QED) is 0.501. The van der Waals surface area contributed by atoms with E-state index in [1.807, 2.05) is 0 Å². The molecule has 6 nitrogen and oxygen atoms in total. The first-order chi connectivity index (χ1) is 7.65. The molecule has 16 heavy (non-hydrogen) atoms. The highest BCUT2D eigenvalue weighted by molar-refractivity contribution is 6.40. The normalized spacial score (nSPS) is 10.6. The van der Waals surface area contributed by atoms with E-state index in [4.69, 9.17) is 10.5 Å². The van der Waals surface area contributed by atoms with Gasteiger partial charge in [-0.2, -0.15) is 5.10 Å². The van der Waals surface area contributed by atoms with Crippen molar-refractivity contribution in [3.8, 4) is 0 Å². The maximum Gasteiger partial charge on any atom is 0.353 e. The lowest BCUT2D eigenvalue weighted by Gasteiger charge is -2.04. The van der Waals surface area contributed by atoms with Crippen molar-refractivity contribution in [3.63, 3.8) is 0 Å². The molecule has 0 fully saturated rings. The number of nitrogens with zero attached hydrogens (tertiary/aromatic N) is 2. The molecule has 6 heteroatoms. The van der Waals surface area contributed by atoms with Gasteiger partial charge in [-0.1, -0.05) is 6.07 Å². The number of rotatable bonds is 5. The van der Waals surface area contributed by atoms with Gasteiger partial charge in [-0.05, 0) is 18.2 Å². The summed E-state index contributed by atoms with van der Waals surface area (Å²) < 4.78 is 0. The van der Waals surface area contributed by atoms with Gasteiger partial charge in [-0.15, -0.1) is 0 Å². The SMILES string of the molecule is C=NN/C(=C\C(=N)C(=O)O)c1ccccn1. The van der Waals surface area contributed by atoms with Gasteiger partial charge in [0, 0.05) is 12.9 Å². The average molecular weight is 218 g/mol. The maximum atomic E-state index is 10.5. The fourth-order valence-corrected chi connectivity index (χ4v) is 0.977. The molecule has 0 amide bonds. The molecular formula is C10H10N4O2. The molecular weight excluding hydrogens is 208 g/mol. The minimum atomic E-state index is -1.32. The number of aromatic nitrogens is 1. The topological polar surface area (TPSA) is 98.4 Å². The number of pyridine rings is 1. The van der Waals surface area contributed by atoms with Gasteiger partial charge in [0.25, 0.3) is 0 Å². The molecule has 0 bridgehead atoms. The van der Waals surface area contributed by atoms with Crippen LogP contribution in [-0.2, 0) is 4.79 Å². The van der Waals surface area contributed by atoms with Crippen molar-refractivity contribution in [1.29, 1.82) is 5.41 Å². The number of hydrogen-bond donors (Lipinski definition) is 3. The van der Waals surface area contributed by atoms with E-state index in [1.165, 1.54) is 0 Å². The molecule has 0 saturated heterocycles. The van der Waals surface area contributed by atoms with E-state index in [0.717, 1.165) is 6.08 Å². The van der Waals surface area contributed by atoms with Gasteiger partial charge in [0.15, 0.2) is 0 Å². The van der Waals surface area contributed by atoms with Crippen LogP contribution < -0.4 is 5.43 Å². The Morgan fingerprint density at radius 3 is 2.88 bits per heavy atom. The third kappa shape index (κ3) is 3.02. The zero-order valence-corrected chi connectivity index (χ0v) is 8.34. The maximum absolute atomic E-state index is 10.5. The number of hydrazone groups is 1. The molecule has 0 unspecified atom stereocenters. The monoisotopic (exact) mass is 218 g/mol. The first-order valence-electron chi connectivity index (χ1n) is 4.32. The molecule has 0 atom stereocenters. The van der Waals surface area contributed by atoms with E-state index >= 15 is 0 Å². The Labute approximate surface area is 91.8 Å². The van der Waals surface area contributed by atoms with Crippen LogP contribution in [0.25, 0.3) is 5.70 Å². The number of nitrogens with one attached hydrogen (secondary N) is 2. The number of hydrogen-bond acceptors (Lipinski definition) is 5. The fraction of sp³-hybridized carbons (Fsp3) is 0. The summed E-state index contributed by atoms with van der Waals surface area (Å²) >= 11 is 0. The second-order valence-electron chi connectivity index (χ2n) is 2.76. The van der Waals surface area contributed by atoms with E-state index in [0.29, 0.717) is 11.4 Å². The molecule has 82 valence electrons. The standard InChI is InChI=1S/C10H10N4O2/c1-12-14-9(6-7(11)10(15)16)8-4-2-3-5-13-8/h2-6,11,14H,1H2,(H,15,16)/b9-6-,11-7?. The van der Waals surface area contributed by atoms with Crippen LogP contribution in [0.3, 0.4) is 0 Å². The molecule has 0 aromatic carbocycles. The van der Waals surface area contributed by atoms with Gasteiger partial charge in [-0.3, -0.25) is 15.8 Å². The van der Waals surface area contributed by atoms with Crippen molar-refractivity contribution in [2.24, 2.45) is 5.10 Å². The summed E-state index contributed by atoms with van der Waals surface area (Å²) in [6, 6.07) is 5.13. The highest BCUT2D eigenvalue weighted by atomic mass is 16.4. The Balaban J connectivity index is 3.05. The molecule has 0 saturated carbocycles. The molecule has 0 aliphatic heterocycles. The Morgan fingerprint density at radius 1 is 1.62 bits per heavy atom. The van der Waals surface area contributed by atoms with Gasteiger partial charge in [0.05, 0.1) is 11.4 Å². The van der Waals surface area contributed by atoms with Gasteiger partial charge in [0.2, 0.25) is 0 Å². The molecule has 1 aromatic heterocycles. The van der Waals surface area contributed by atoms with Crippen molar-refractivity contribution in [2.75, 3.05) is 0 Å². The van der Waals surface area contributed by atoms with Crippen LogP contribution in [0.2, 0.25) is 0 Å². The lowest BCUT2D eigenvalue weighted by molar-refractivity contribution is -0.129. The number of carbonyl (C=O) groups is 1. The van der Waals surface area contributed by atoms with Crippen LogP contribution >= 0.6 is 0 Å². The zero-order chi connectivity index (χ0) is 12.0. The average Bonchev–Trinajstić information content (AvgIpc) is 2.29. The predicted molar refractivity (Wildman–Crippen MR) is 60.3 cm³/mol. The summed E-state index contributed by atoms with van der Waals surface area (Å²) in [5.74, 6) is -1.32. The predicted octanol–water partition coefficient (Wildman–Crippen LogP) is 0.732. The summed E-state index contributed by atoms with van der Waals surface area (Å²) in [6.07, 6.45) is 2.68. The van der Waals surface area contributed by atoms with E-state index < -0.39 is 11.7 Å². The van der Waals surface area contributed by atoms with Crippen LogP contribution in [0.5, 0.6) is 0 Å². The molecule has 3 N–H and O–H groups in total. The summed E-state index contributed by atoms with van der Waals surface area (Å²) in [6.45, 7) is 3.23. The van der Waals surface area contributed by atoms with Gasteiger partial charge < -0.3 is 5.11 Å². The molecule has 0 aliphatic rings. The molecule has 1 heterocycles. The van der Waals surface area contributed by atoms with Gasteiger partial charge in [0.1, 0.15) is 5.71 Å². The Kier molecular flexibility index (Phi) is 3.90. The second kappa shape index (κ2) is 5.40. The Hall–Kier alpha value is -2.50. The van der Waals surface area contributed by atoms with E-state index in [-0.39, 0.29) is 0 Å². The highest BCUT2D eigenvalue weighted by Crippen LogP contribution is 2.07. The minimum Gasteiger partial charge on any atom is -0.477 e. The van der Waals surface area contributed by atoms with E-state index in [1.54, 1.807) is 24.4 Å². The van der Waals surface area contributed by atoms with E-state index in [9.17, 15) is 4.79 Å². The third-order valence-corrected chi connectivity index (χ3v) is 1.66. The van der Waals surface area contributed by atoms with E-state index in [2.05, 4.69) is 22.2 Å². The van der Waals surface area contributed by atoms with Crippen molar-refractivity contribution in [3.05, 3.63) is 36.2 Å². The van der Waals surface area contributed by atoms with Crippen molar-refractivity contribution in [1.82, 2.24) is 10.4 Å². The molecule has 1 rings (SSSR count). The lowest BCUT2D eigenvalue weighted by Crippen LogP contribution is -2.13. The van der Waals surface area contributed by atoms with Crippen molar-refractivity contribution < 1.29 is 9.90 Å². The summed E-state index contributed by atoms with van der Waals surface area (Å²) in [5.41, 5.74) is 2.73. The summed E-state index contributed by atoms with van der Waals surface area (Å²) in [4.78, 5) is 14.5. The van der Waals surface area contributed by atoms with Crippen LogP contribution in [0.1, 0.15) is 5.69 Å². The number of carboxylic acids is 1. The van der Waals surface area contributed by atoms with Gasteiger partial charge in [-0.25, -0.2) is 4.79 Å². The second-order valence-corrected chi connectivity index (χ2v) is 2.76. The minimum absolute atomic E-state index is 0.308. The number of aliphatic carboxylic acids is 1. The molecule has 1 aromatic rings. The largest absolute Gasteiger partial charge is 0.477 e. The molecule has 0 aliphatic carbocycles. The van der Waals surface area contributed by atoms with Crippen LogP contribution in [0.15, 0.2) is 35.6 Å². The highest BCUT2D eigenvalue weighted by Gasteiger charge is 2.07. The third-order valence-electron chi connectivity index (χ3n) is 1.66. The molecule has 0 radical (unpaired) electrons. The van der Waals surface area contributed by atoms with Crippen LogP contribution in [0, 0.1) is 5.41 Å². The smallest absolute Gasteiger partial charge is 0.353 e. The number of carboxylic acid groups (broad SMARTS) is 1. The summed E-state index contributed by atoms with van der Waals surface area (Å²) in [7, 11) is 0. The summed E-state index contributed by atoms with van der Waals surface area (Å²) in [5, 5.41) is 19.2. The van der Waals surface area contributed by atoms with Gasteiger partial charge >= 0.3 is 5.97 Å². The Morgan fingerprint density at radius 2 is 2.38 bits per heavy atom. The van der Waals surface area contributed by atoms with Crippen molar-refractivity contribution in [2.45, 2.75) is 0 Å². The zero-order valence-electron chi connectivity index (χ0n) is 8.34. The molecule has 0 spiro atoms. The Bertz CT molecular complexity index is 439. The first-order valence-corrected chi connectivity index (χ1v) is 4.32. The van der Waals surface area contributed by atoms with Crippen LogP contribution in [0.4, 0.5) is 0 Å². The van der Waals surface area contributed by atoms with Crippen LogP contribution in [-0.4, -0.2) is 28.5 Å². The first kappa shape index (κ1) is 11.6.